The van der Waals surface area contributed by atoms with Crippen LogP contribution < -0.4 is 5.32 Å². The second-order valence-electron chi connectivity index (χ2n) is 7.24. The van der Waals surface area contributed by atoms with Gasteiger partial charge in [0.15, 0.2) is 5.82 Å². The Bertz CT molecular complexity index is 888. The number of aromatic nitrogens is 2. The summed E-state index contributed by atoms with van der Waals surface area (Å²) in [4.78, 5) is 4.57. The molecule has 1 fully saturated rings. The molecule has 0 amide bonds. The van der Waals surface area contributed by atoms with E-state index in [0.717, 1.165) is 54.9 Å². The molecule has 1 aromatic carbocycles. The fourth-order valence-electron chi connectivity index (χ4n) is 3.74. The van der Waals surface area contributed by atoms with Crippen molar-refractivity contribution in [3.05, 3.63) is 35.2 Å². The highest BCUT2D eigenvalue weighted by Crippen LogP contribution is 2.27. The average Bonchev–Trinajstić information content (AvgIpc) is 3.09. The molecule has 0 saturated carbocycles. The first kappa shape index (κ1) is 17.6. The van der Waals surface area contributed by atoms with Crippen molar-refractivity contribution >= 4 is 10.0 Å². The zero-order valence-electron chi connectivity index (χ0n) is 14.9. The number of benzene rings is 1. The Kier molecular flexibility index (Phi) is 4.81. The molecule has 4 rings (SSSR count). The van der Waals surface area contributed by atoms with Crippen LogP contribution in [0.1, 0.15) is 29.8 Å². The van der Waals surface area contributed by atoms with Gasteiger partial charge >= 0.3 is 0 Å². The number of sulfonamides is 1. The van der Waals surface area contributed by atoms with E-state index in [9.17, 15) is 8.42 Å². The summed E-state index contributed by atoms with van der Waals surface area (Å²) >= 11 is 0. The quantitative estimate of drug-likeness (QED) is 0.872. The molecule has 0 bridgehead atoms. The van der Waals surface area contributed by atoms with Crippen molar-refractivity contribution in [2.45, 2.75) is 32.2 Å². The van der Waals surface area contributed by atoms with Crippen LogP contribution in [0.5, 0.6) is 0 Å². The van der Waals surface area contributed by atoms with Gasteiger partial charge in [-0.1, -0.05) is 11.2 Å². The highest BCUT2D eigenvalue weighted by molar-refractivity contribution is 7.88. The van der Waals surface area contributed by atoms with Crippen molar-refractivity contribution in [3.63, 3.8) is 0 Å². The predicted molar refractivity (Wildman–Crippen MR) is 98.0 cm³/mol. The Labute approximate surface area is 153 Å². The number of nitrogens with zero attached hydrogens (tertiary/aromatic N) is 3. The minimum Gasteiger partial charge on any atom is -0.334 e. The first-order chi connectivity index (χ1) is 12.5. The van der Waals surface area contributed by atoms with Crippen molar-refractivity contribution in [1.29, 1.82) is 0 Å². The lowest BCUT2D eigenvalue weighted by Gasteiger charge is -2.26. The van der Waals surface area contributed by atoms with Gasteiger partial charge in [-0.2, -0.15) is 9.29 Å². The Hall–Kier alpha value is -1.77. The first-order valence-electron chi connectivity index (χ1n) is 9.09. The molecule has 0 aliphatic carbocycles. The summed E-state index contributed by atoms with van der Waals surface area (Å²) in [6.07, 6.45) is 5.12. The monoisotopic (exact) mass is 376 g/mol. The molecule has 0 spiro atoms. The smallest absolute Gasteiger partial charge is 0.257 e. The topological polar surface area (TPSA) is 88.3 Å². The third kappa shape index (κ3) is 3.82. The fraction of sp³-hybridized carbons (Fsp3) is 0.556. The third-order valence-electron chi connectivity index (χ3n) is 5.30. The van der Waals surface area contributed by atoms with Crippen LogP contribution in [0.3, 0.4) is 0 Å². The molecule has 1 saturated heterocycles. The molecule has 8 heteroatoms. The second kappa shape index (κ2) is 7.09. The maximum atomic E-state index is 11.7. The molecule has 0 atom stereocenters. The summed E-state index contributed by atoms with van der Waals surface area (Å²) in [7, 11) is -3.15. The van der Waals surface area contributed by atoms with Crippen LogP contribution in [0.4, 0.5) is 0 Å². The van der Waals surface area contributed by atoms with Crippen LogP contribution in [0, 0.1) is 5.92 Å². The zero-order chi connectivity index (χ0) is 18.1. The Morgan fingerprint density at radius 2 is 2.08 bits per heavy atom. The molecule has 26 heavy (non-hydrogen) atoms. The highest BCUT2D eigenvalue weighted by atomic mass is 32.2. The van der Waals surface area contributed by atoms with Gasteiger partial charge in [0.25, 0.3) is 5.89 Å². The average molecular weight is 376 g/mol. The minimum atomic E-state index is -3.15. The van der Waals surface area contributed by atoms with Gasteiger partial charge in [0.2, 0.25) is 10.0 Å². The summed E-state index contributed by atoms with van der Waals surface area (Å²) in [6, 6.07) is 5.96. The lowest BCUT2D eigenvalue weighted by molar-refractivity contribution is 0.356. The van der Waals surface area contributed by atoms with Gasteiger partial charge in [0.1, 0.15) is 0 Å². The maximum absolute atomic E-state index is 11.7. The summed E-state index contributed by atoms with van der Waals surface area (Å²) in [5.74, 6) is 1.93. The molecule has 2 aliphatic rings. The maximum Gasteiger partial charge on any atom is 0.257 e. The van der Waals surface area contributed by atoms with E-state index in [1.165, 1.54) is 10.6 Å². The number of hydrogen-bond donors (Lipinski definition) is 1. The van der Waals surface area contributed by atoms with Gasteiger partial charge in [0, 0.05) is 25.1 Å². The Morgan fingerprint density at radius 1 is 1.27 bits per heavy atom. The van der Waals surface area contributed by atoms with E-state index in [0.29, 0.717) is 31.3 Å². The highest BCUT2D eigenvalue weighted by Gasteiger charge is 2.24. The van der Waals surface area contributed by atoms with Crippen molar-refractivity contribution < 1.29 is 12.9 Å². The van der Waals surface area contributed by atoms with Gasteiger partial charge in [-0.05, 0) is 61.5 Å². The molecule has 7 nitrogen and oxygen atoms in total. The number of fused-ring (bicyclic) bond motifs is 1. The van der Waals surface area contributed by atoms with Crippen molar-refractivity contribution in [3.8, 4) is 11.5 Å². The lowest BCUT2D eigenvalue weighted by atomic mass is 9.94. The summed E-state index contributed by atoms with van der Waals surface area (Å²) in [5.41, 5.74) is 3.10. The van der Waals surface area contributed by atoms with E-state index < -0.39 is 10.0 Å². The summed E-state index contributed by atoms with van der Waals surface area (Å²) in [5, 5.41) is 7.52. The number of nitrogens with one attached hydrogen (secondary N) is 1. The standard InChI is InChI=1S/C18H24N4O3S/c1-26(23,24)22-9-6-14-11-15(2-3-16(14)12-22)18-20-17(21-25-18)10-13-4-7-19-8-5-13/h2-3,11,13,19H,4-10,12H2,1H3. The van der Waals surface area contributed by atoms with Crippen molar-refractivity contribution in [2.75, 3.05) is 25.9 Å². The van der Waals surface area contributed by atoms with Gasteiger partial charge in [-0.3, -0.25) is 0 Å². The lowest BCUT2D eigenvalue weighted by Crippen LogP contribution is -2.35. The van der Waals surface area contributed by atoms with Crippen LogP contribution in [-0.2, 0) is 29.4 Å². The second-order valence-corrected chi connectivity index (χ2v) is 9.23. The minimum absolute atomic E-state index is 0.430. The molecule has 1 N–H and O–H groups in total. The summed E-state index contributed by atoms with van der Waals surface area (Å²) in [6.45, 7) is 3.06. The SMILES string of the molecule is CS(=O)(=O)N1CCc2cc(-c3nc(CC4CCNCC4)no3)ccc2C1. The Morgan fingerprint density at radius 3 is 2.85 bits per heavy atom. The van der Waals surface area contributed by atoms with Gasteiger partial charge in [0.05, 0.1) is 6.26 Å². The zero-order valence-corrected chi connectivity index (χ0v) is 15.8. The van der Waals surface area contributed by atoms with E-state index in [-0.39, 0.29) is 0 Å². The number of hydrogen-bond acceptors (Lipinski definition) is 6. The van der Waals surface area contributed by atoms with Crippen LogP contribution in [-0.4, -0.2) is 48.8 Å². The molecule has 0 radical (unpaired) electrons. The molecular formula is C18H24N4O3S. The largest absolute Gasteiger partial charge is 0.334 e. The Balaban J connectivity index is 1.49. The molecule has 2 aliphatic heterocycles. The van der Waals surface area contributed by atoms with Crippen LogP contribution in [0.25, 0.3) is 11.5 Å². The third-order valence-corrected chi connectivity index (χ3v) is 6.55. The van der Waals surface area contributed by atoms with Crippen LogP contribution in [0.2, 0.25) is 0 Å². The fourth-order valence-corrected chi connectivity index (χ4v) is 4.54. The van der Waals surface area contributed by atoms with Crippen LogP contribution in [0.15, 0.2) is 22.7 Å². The van der Waals surface area contributed by atoms with Gasteiger partial charge in [-0.25, -0.2) is 8.42 Å². The molecule has 140 valence electrons. The van der Waals surface area contributed by atoms with Gasteiger partial charge < -0.3 is 9.84 Å². The van der Waals surface area contributed by atoms with E-state index in [1.807, 2.05) is 12.1 Å². The van der Waals surface area contributed by atoms with E-state index in [4.69, 9.17) is 4.52 Å². The number of rotatable bonds is 4. The van der Waals surface area contributed by atoms with E-state index in [1.54, 1.807) is 0 Å². The van der Waals surface area contributed by atoms with E-state index >= 15 is 0 Å². The molecule has 1 aromatic heterocycles. The predicted octanol–water partition coefficient (Wildman–Crippen LogP) is 1.60. The number of piperidine rings is 1. The molecular weight excluding hydrogens is 352 g/mol. The first-order valence-corrected chi connectivity index (χ1v) is 10.9. The normalized spacial score (nSPS) is 19.4. The van der Waals surface area contributed by atoms with E-state index in [2.05, 4.69) is 21.5 Å². The van der Waals surface area contributed by atoms with Crippen LogP contribution >= 0.6 is 0 Å². The molecule has 0 unspecified atom stereocenters. The molecule has 3 heterocycles. The summed E-state index contributed by atoms with van der Waals surface area (Å²) < 4.78 is 30.5. The molecule has 2 aromatic rings. The van der Waals surface area contributed by atoms with Crippen molar-refractivity contribution in [1.82, 2.24) is 19.8 Å². The van der Waals surface area contributed by atoms with Gasteiger partial charge in [-0.15, -0.1) is 0 Å². The van der Waals surface area contributed by atoms with Crippen molar-refractivity contribution in [2.24, 2.45) is 5.92 Å².